The maximum absolute atomic E-state index is 12.3. The summed E-state index contributed by atoms with van der Waals surface area (Å²) in [5, 5.41) is 0. The number of hydrogen-bond donors (Lipinski definition) is 1. The zero-order valence-corrected chi connectivity index (χ0v) is 11.9. The third-order valence-electron chi connectivity index (χ3n) is 3.04. The summed E-state index contributed by atoms with van der Waals surface area (Å²) in [4.78, 5) is 14.1. The maximum Gasteiger partial charge on any atom is 0.254 e. The molecule has 4 nitrogen and oxygen atoms in total. The highest BCUT2D eigenvalue weighted by Crippen LogP contribution is 2.16. The Morgan fingerprint density at radius 1 is 1.61 bits per heavy atom. The van der Waals surface area contributed by atoms with Crippen molar-refractivity contribution in [2.24, 2.45) is 5.73 Å². The largest absolute Gasteiger partial charge is 0.373 e. The van der Waals surface area contributed by atoms with Crippen LogP contribution in [0, 0.1) is 0 Å². The minimum Gasteiger partial charge on any atom is -0.373 e. The molecule has 18 heavy (non-hydrogen) atoms. The summed E-state index contributed by atoms with van der Waals surface area (Å²) in [5.74, 6) is 0.0326. The first kappa shape index (κ1) is 13.5. The van der Waals surface area contributed by atoms with Crippen LogP contribution < -0.4 is 5.73 Å². The first-order chi connectivity index (χ1) is 8.58. The standard InChI is InChI=1S/C13H17BrN2O2/c1-9(15)12-8-16(5-6-18-12)13(17)10-3-2-4-11(14)7-10/h2-4,7,9,12H,5-6,8,15H2,1H3. The van der Waals surface area contributed by atoms with Crippen LogP contribution in [0.15, 0.2) is 28.7 Å². The Bertz CT molecular complexity index is 437. The number of rotatable bonds is 2. The SMILES string of the molecule is CC(N)C1CN(C(=O)c2cccc(Br)c2)CCO1. The van der Waals surface area contributed by atoms with Gasteiger partial charge in [0.15, 0.2) is 0 Å². The van der Waals surface area contributed by atoms with Gasteiger partial charge in [-0.2, -0.15) is 0 Å². The molecule has 0 saturated carbocycles. The monoisotopic (exact) mass is 312 g/mol. The highest BCUT2D eigenvalue weighted by Gasteiger charge is 2.27. The fraction of sp³-hybridized carbons (Fsp3) is 0.462. The summed E-state index contributed by atoms with van der Waals surface area (Å²) in [5.41, 5.74) is 6.51. The second-order valence-corrected chi connectivity index (χ2v) is 5.45. The molecule has 1 aromatic carbocycles. The molecule has 2 N–H and O–H groups in total. The van der Waals surface area contributed by atoms with Crippen LogP contribution in [0.2, 0.25) is 0 Å². The van der Waals surface area contributed by atoms with Crippen molar-refractivity contribution in [3.8, 4) is 0 Å². The van der Waals surface area contributed by atoms with Crippen molar-refractivity contribution >= 4 is 21.8 Å². The number of amides is 1. The van der Waals surface area contributed by atoms with Gasteiger partial charge in [0.1, 0.15) is 0 Å². The Morgan fingerprint density at radius 2 is 2.39 bits per heavy atom. The molecule has 1 fully saturated rings. The predicted molar refractivity (Wildman–Crippen MR) is 73.4 cm³/mol. The molecule has 1 heterocycles. The fourth-order valence-corrected chi connectivity index (χ4v) is 2.38. The summed E-state index contributed by atoms with van der Waals surface area (Å²) in [6.45, 7) is 3.63. The van der Waals surface area contributed by atoms with Crippen LogP contribution in [0.25, 0.3) is 0 Å². The van der Waals surface area contributed by atoms with Gasteiger partial charge >= 0.3 is 0 Å². The number of carbonyl (C=O) groups excluding carboxylic acids is 1. The molecule has 1 aromatic rings. The average Bonchev–Trinajstić information content (AvgIpc) is 2.38. The van der Waals surface area contributed by atoms with Gasteiger partial charge in [-0.3, -0.25) is 4.79 Å². The van der Waals surface area contributed by atoms with E-state index in [9.17, 15) is 4.79 Å². The van der Waals surface area contributed by atoms with Crippen LogP contribution in [0.1, 0.15) is 17.3 Å². The minimum atomic E-state index is -0.0742. The molecule has 1 aliphatic heterocycles. The van der Waals surface area contributed by atoms with Crippen molar-refractivity contribution in [3.05, 3.63) is 34.3 Å². The van der Waals surface area contributed by atoms with Crippen LogP contribution in [0.4, 0.5) is 0 Å². The van der Waals surface area contributed by atoms with E-state index in [4.69, 9.17) is 10.5 Å². The Balaban J connectivity index is 2.09. The normalized spacial score (nSPS) is 21.7. The maximum atomic E-state index is 12.3. The predicted octanol–water partition coefficient (Wildman–Crippen LogP) is 1.64. The van der Waals surface area contributed by atoms with Crippen molar-refractivity contribution in [1.29, 1.82) is 0 Å². The lowest BCUT2D eigenvalue weighted by atomic mass is 10.1. The number of benzene rings is 1. The molecule has 2 rings (SSSR count). The quantitative estimate of drug-likeness (QED) is 0.903. The lowest BCUT2D eigenvalue weighted by Crippen LogP contribution is -2.51. The third-order valence-corrected chi connectivity index (χ3v) is 3.53. The third kappa shape index (κ3) is 3.10. The first-order valence-electron chi connectivity index (χ1n) is 6.00. The van der Waals surface area contributed by atoms with Gasteiger partial charge in [0.25, 0.3) is 5.91 Å². The Hall–Kier alpha value is -0.910. The summed E-state index contributed by atoms with van der Waals surface area (Å²) >= 11 is 3.37. The van der Waals surface area contributed by atoms with E-state index in [0.29, 0.717) is 25.3 Å². The van der Waals surface area contributed by atoms with Crippen LogP contribution in [0.3, 0.4) is 0 Å². The molecular formula is C13H17BrN2O2. The van der Waals surface area contributed by atoms with Gasteiger partial charge in [-0.25, -0.2) is 0 Å². The lowest BCUT2D eigenvalue weighted by molar-refractivity contribution is -0.0300. The van der Waals surface area contributed by atoms with E-state index in [1.54, 1.807) is 4.90 Å². The van der Waals surface area contributed by atoms with Gasteiger partial charge in [-0.05, 0) is 25.1 Å². The second-order valence-electron chi connectivity index (χ2n) is 4.53. The Labute approximate surface area is 115 Å². The van der Waals surface area contributed by atoms with E-state index in [1.165, 1.54) is 0 Å². The molecule has 0 aliphatic carbocycles. The molecule has 98 valence electrons. The van der Waals surface area contributed by atoms with Crippen molar-refractivity contribution < 1.29 is 9.53 Å². The van der Waals surface area contributed by atoms with Crippen LogP contribution in [-0.4, -0.2) is 42.6 Å². The zero-order chi connectivity index (χ0) is 13.1. The molecule has 5 heteroatoms. The van der Waals surface area contributed by atoms with Gasteiger partial charge in [-0.15, -0.1) is 0 Å². The number of nitrogens with zero attached hydrogens (tertiary/aromatic N) is 1. The summed E-state index contributed by atoms with van der Waals surface area (Å²) in [7, 11) is 0. The van der Waals surface area contributed by atoms with Crippen LogP contribution >= 0.6 is 15.9 Å². The summed E-state index contributed by atoms with van der Waals surface area (Å²) in [6.07, 6.45) is -0.0742. The van der Waals surface area contributed by atoms with Gasteiger partial charge in [-0.1, -0.05) is 22.0 Å². The zero-order valence-electron chi connectivity index (χ0n) is 10.3. The topological polar surface area (TPSA) is 55.6 Å². The average molecular weight is 313 g/mol. The van der Waals surface area contributed by atoms with E-state index in [2.05, 4.69) is 15.9 Å². The fourth-order valence-electron chi connectivity index (χ4n) is 1.98. The molecule has 1 amide bonds. The number of nitrogens with two attached hydrogens (primary N) is 1. The molecule has 0 aromatic heterocycles. The van der Waals surface area contributed by atoms with Gasteiger partial charge in [0.05, 0.1) is 12.7 Å². The summed E-state index contributed by atoms with van der Waals surface area (Å²) < 4.78 is 6.46. The molecule has 0 radical (unpaired) electrons. The highest BCUT2D eigenvalue weighted by molar-refractivity contribution is 9.10. The van der Waals surface area contributed by atoms with Crippen molar-refractivity contribution in [3.63, 3.8) is 0 Å². The number of halogens is 1. The number of hydrogen-bond acceptors (Lipinski definition) is 3. The van der Waals surface area contributed by atoms with Gasteiger partial charge in [0, 0.05) is 29.2 Å². The van der Waals surface area contributed by atoms with E-state index in [0.717, 1.165) is 4.47 Å². The number of carbonyl (C=O) groups is 1. The molecule has 2 atom stereocenters. The minimum absolute atomic E-state index is 0.0326. The second kappa shape index (κ2) is 5.82. The Morgan fingerprint density at radius 3 is 3.06 bits per heavy atom. The van der Waals surface area contributed by atoms with Crippen LogP contribution in [-0.2, 0) is 4.74 Å². The molecular weight excluding hydrogens is 296 g/mol. The molecule has 1 saturated heterocycles. The van der Waals surface area contributed by atoms with Crippen molar-refractivity contribution in [2.75, 3.05) is 19.7 Å². The van der Waals surface area contributed by atoms with E-state index >= 15 is 0 Å². The van der Waals surface area contributed by atoms with E-state index < -0.39 is 0 Å². The Kier molecular flexibility index (Phi) is 4.37. The van der Waals surface area contributed by atoms with Gasteiger partial charge in [0.2, 0.25) is 0 Å². The lowest BCUT2D eigenvalue weighted by Gasteiger charge is -2.34. The molecule has 0 spiro atoms. The van der Waals surface area contributed by atoms with E-state index in [-0.39, 0.29) is 18.1 Å². The molecule has 0 bridgehead atoms. The number of ether oxygens (including phenoxy) is 1. The molecule has 2 unspecified atom stereocenters. The molecule has 1 aliphatic rings. The smallest absolute Gasteiger partial charge is 0.254 e. The first-order valence-corrected chi connectivity index (χ1v) is 6.79. The van der Waals surface area contributed by atoms with E-state index in [1.807, 2.05) is 31.2 Å². The summed E-state index contributed by atoms with van der Waals surface area (Å²) in [6, 6.07) is 7.35. The van der Waals surface area contributed by atoms with Gasteiger partial charge < -0.3 is 15.4 Å². The van der Waals surface area contributed by atoms with Crippen molar-refractivity contribution in [2.45, 2.75) is 19.1 Å². The van der Waals surface area contributed by atoms with Crippen LogP contribution in [0.5, 0.6) is 0 Å². The highest BCUT2D eigenvalue weighted by atomic mass is 79.9. The van der Waals surface area contributed by atoms with Crippen molar-refractivity contribution in [1.82, 2.24) is 4.90 Å². The number of morpholine rings is 1.